The van der Waals surface area contributed by atoms with Crippen molar-refractivity contribution in [3.63, 3.8) is 0 Å². The molecular formula is C21H25Cl2FN4O. The quantitative estimate of drug-likeness (QED) is 0.610. The zero-order valence-corrected chi connectivity index (χ0v) is 17.5. The van der Waals surface area contributed by atoms with Gasteiger partial charge in [-0.05, 0) is 49.2 Å². The van der Waals surface area contributed by atoms with Crippen molar-refractivity contribution in [3.8, 4) is 0 Å². The summed E-state index contributed by atoms with van der Waals surface area (Å²) in [5.74, 6) is -0.278. The molecule has 8 heteroatoms. The Hall–Kier alpha value is -2.15. The van der Waals surface area contributed by atoms with Gasteiger partial charge in [-0.25, -0.2) is 9.37 Å². The van der Waals surface area contributed by atoms with Crippen LogP contribution in [0.5, 0.6) is 0 Å². The maximum absolute atomic E-state index is 13.4. The van der Waals surface area contributed by atoms with Crippen molar-refractivity contribution in [2.24, 2.45) is 0 Å². The standard InChI is InChI=1S/C21H23FN4O.2ClH/c22-16-9-7-15(8-10-16)19(25-21(27)12-17-4-3-11-23-17)13-26-14-24-18-5-1-2-6-20(18)26;;/h1-2,5-10,14,17,19,23H,3-4,11-13H2,(H,25,27);2*1H. The predicted molar refractivity (Wildman–Crippen MR) is 117 cm³/mol. The molecular weight excluding hydrogens is 414 g/mol. The van der Waals surface area contributed by atoms with Gasteiger partial charge in [0, 0.05) is 19.0 Å². The van der Waals surface area contributed by atoms with Gasteiger partial charge in [-0.1, -0.05) is 24.3 Å². The first-order chi connectivity index (χ1) is 13.2. The number of halogens is 3. The summed E-state index contributed by atoms with van der Waals surface area (Å²) in [4.78, 5) is 17.0. The average molecular weight is 439 g/mol. The molecule has 4 rings (SSSR count). The Morgan fingerprint density at radius 2 is 1.97 bits per heavy atom. The Bertz CT molecular complexity index is 926. The minimum Gasteiger partial charge on any atom is -0.347 e. The summed E-state index contributed by atoms with van der Waals surface area (Å²) in [6, 6.07) is 14.2. The van der Waals surface area contributed by atoms with E-state index in [1.54, 1.807) is 18.5 Å². The van der Waals surface area contributed by atoms with E-state index in [1.807, 2.05) is 28.8 Å². The van der Waals surface area contributed by atoms with Gasteiger partial charge in [0.15, 0.2) is 0 Å². The molecule has 1 amide bonds. The lowest BCUT2D eigenvalue weighted by Gasteiger charge is -2.21. The first kappa shape index (κ1) is 23.1. The molecule has 1 aliphatic rings. The minimum absolute atomic E-state index is 0. The number of imidazole rings is 1. The fourth-order valence-corrected chi connectivity index (χ4v) is 3.69. The van der Waals surface area contributed by atoms with E-state index in [0.29, 0.717) is 13.0 Å². The van der Waals surface area contributed by atoms with Gasteiger partial charge in [0.25, 0.3) is 0 Å². The molecule has 1 saturated heterocycles. The fourth-order valence-electron chi connectivity index (χ4n) is 3.69. The number of nitrogens with zero attached hydrogens (tertiary/aromatic N) is 2. The van der Waals surface area contributed by atoms with E-state index in [1.165, 1.54) is 12.1 Å². The molecule has 1 fully saturated rings. The van der Waals surface area contributed by atoms with Crippen LogP contribution in [0.1, 0.15) is 30.9 Å². The van der Waals surface area contributed by atoms with Gasteiger partial charge < -0.3 is 15.2 Å². The van der Waals surface area contributed by atoms with Gasteiger partial charge in [0.05, 0.1) is 23.4 Å². The van der Waals surface area contributed by atoms with Crippen molar-refractivity contribution in [3.05, 3.63) is 66.2 Å². The molecule has 0 bridgehead atoms. The van der Waals surface area contributed by atoms with E-state index >= 15 is 0 Å². The first-order valence-electron chi connectivity index (χ1n) is 9.37. The van der Waals surface area contributed by atoms with Crippen molar-refractivity contribution in [1.82, 2.24) is 20.2 Å². The number of nitrogens with one attached hydrogen (secondary N) is 2. The molecule has 2 unspecified atom stereocenters. The van der Waals surface area contributed by atoms with Crippen molar-refractivity contribution in [2.45, 2.75) is 37.9 Å². The molecule has 2 heterocycles. The van der Waals surface area contributed by atoms with Crippen LogP contribution >= 0.6 is 24.8 Å². The topological polar surface area (TPSA) is 59.0 Å². The molecule has 1 aromatic heterocycles. The number of rotatable bonds is 6. The Labute approximate surface area is 181 Å². The Morgan fingerprint density at radius 3 is 2.69 bits per heavy atom. The second-order valence-corrected chi connectivity index (χ2v) is 7.05. The zero-order chi connectivity index (χ0) is 18.6. The second-order valence-electron chi connectivity index (χ2n) is 7.05. The van der Waals surface area contributed by atoms with Crippen LogP contribution < -0.4 is 10.6 Å². The van der Waals surface area contributed by atoms with Gasteiger partial charge in [-0.3, -0.25) is 4.79 Å². The third-order valence-corrected chi connectivity index (χ3v) is 5.11. The van der Waals surface area contributed by atoms with Crippen LogP contribution in [-0.2, 0) is 11.3 Å². The highest BCUT2D eigenvalue weighted by atomic mass is 35.5. The third kappa shape index (κ3) is 5.69. The lowest BCUT2D eigenvalue weighted by Crippen LogP contribution is -2.35. The Morgan fingerprint density at radius 1 is 1.21 bits per heavy atom. The van der Waals surface area contributed by atoms with E-state index in [4.69, 9.17) is 0 Å². The number of hydrogen-bond acceptors (Lipinski definition) is 3. The molecule has 29 heavy (non-hydrogen) atoms. The van der Waals surface area contributed by atoms with Crippen LogP contribution in [0, 0.1) is 5.82 Å². The molecule has 3 aromatic rings. The van der Waals surface area contributed by atoms with Gasteiger partial charge in [0.2, 0.25) is 5.91 Å². The number of para-hydroxylation sites is 2. The summed E-state index contributed by atoms with van der Waals surface area (Å²) < 4.78 is 15.4. The lowest BCUT2D eigenvalue weighted by atomic mass is 10.1. The van der Waals surface area contributed by atoms with E-state index < -0.39 is 0 Å². The van der Waals surface area contributed by atoms with Crippen molar-refractivity contribution in [1.29, 1.82) is 0 Å². The Kier molecular flexibility index (Phi) is 8.44. The van der Waals surface area contributed by atoms with Gasteiger partial charge >= 0.3 is 0 Å². The van der Waals surface area contributed by atoms with Crippen LogP contribution in [0.4, 0.5) is 4.39 Å². The summed E-state index contributed by atoms with van der Waals surface area (Å²) in [6.07, 6.45) is 4.38. The van der Waals surface area contributed by atoms with E-state index in [9.17, 15) is 9.18 Å². The van der Waals surface area contributed by atoms with Crippen molar-refractivity contribution >= 4 is 41.8 Å². The molecule has 1 aliphatic heterocycles. The minimum atomic E-state index is -0.285. The number of benzene rings is 2. The number of aromatic nitrogens is 2. The molecule has 156 valence electrons. The fraction of sp³-hybridized carbons (Fsp3) is 0.333. The van der Waals surface area contributed by atoms with Gasteiger partial charge in [-0.15, -0.1) is 24.8 Å². The average Bonchev–Trinajstić information content (AvgIpc) is 3.32. The smallest absolute Gasteiger partial charge is 0.222 e. The normalized spacial score (nSPS) is 16.7. The summed E-state index contributed by atoms with van der Waals surface area (Å²) in [5, 5.41) is 6.48. The SMILES string of the molecule is Cl.Cl.O=C(CC1CCCN1)NC(Cn1cnc2ccccc21)c1ccc(F)cc1. The van der Waals surface area contributed by atoms with E-state index in [2.05, 4.69) is 15.6 Å². The first-order valence-corrected chi connectivity index (χ1v) is 9.37. The van der Waals surface area contributed by atoms with Crippen LogP contribution in [0.3, 0.4) is 0 Å². The number of fused-ring (bicyclic) bond motifs is 1. The number of carbonyl (C=O) groups is 1. The molecule has 2 aromatic carbocycles. The molecule has 5 nitrogen and oxygen atoms in total. The van der Waals surface area contributed by atoms with Crippen LogP contribution in [0.15, 0.2) is 54.9 Å². The second kappa shape index (κ2) is 10.6. The molecule has 0 saturated carbocycles. The van der Waals surface area contributed by atoms with Crippen LogP contribution in [0.25, 0.3) is 11.0 Å². The van der Waals surface area contributed by atoms with Crippen LogP contribution in [0.2, 0.25) is 0 Å². The maximum atomic E-state index is 13.4. The van der Waals surface area contributed by atoms with E-state index in [0.717, 1.165) is 36.0 Å². The molecule has 0 aliphatic carbocycles. The largest absolute Gasteiger partial charge is 0.347 e. The summed E-state index contributed by atoms with van der Waals surface area (Å²) in [7, 11) is 0. The van der Waals surface area contributed by atoms with Crippen molar-refractivity contribution in [2.75, 3.05) is 6.54 Å². The maximum Gasteiger partial charge on any atom is 0.222 e. The Balaban J connectivity index is 0.00000150. The molecule has 2 atom stereocenters. The summed E-state index contributed by atoms with van der Waals surface area (Å²) in [6.45, 7) is 1.51. The predicted octanol–water partition coefficient (Wildman–Crippen LogP) is 4.02. The zero-order valence-electron chi connectivity index (χ0n) is 15.9. The van der Waals surface area contributed by atoms with E-state index in [-0.39, 0.29) is 48.6 Å². The lowest BCUT2D eigenvalue weighted by molar-refractivity contribution is -0.122. The third-order valence-electron chi connectivity index (χ3n) is 5.11. The number of hydrogen-bond donors (Lipinski definition) is 2. The highest BCUT2D eigenvalue weighted by molar-refractivity contribution is 5.85. The van der Waals surface area contributed by atoms with Crippen LogP contribution in [-0.4, -0.2) is 28.0 Å². The molecule has 0 radical (unpaired) electrons. The van der Waals surface area contributed by atoms with Gasteiger partial charge in [-0.2, -0.15) is 0 Å². The molecule has 0 spiro atoms. The monoisotopic (exact) mass is 438 g/mol. The highest BCUT2D eigenvalue weighted by Crippen LogP contribution is 2.20. The summed E-state index contributed by atoms with van der Waals surface area (Å²) in [5.41, 5.74) is 2.80. The number of amides is 1. The summed E-state index contributed by atoms with van der Waals surface area (Å²) >= 11 is 0. The number of carbonyl (C=O) groups excluding carboxylic acids is 1. The highest BCUT2D eigenvalue weighted by Gasteiger charge is 2.21. The van der Waals surface area contributed by atoms with Gasteiger partial charge in [0.1, 0.15) is 5.82 Å². The molecule has 2 N–H and O–H groups in total. The van der Waals surface area contributed by atoms with Crippen molar-refractivity contribution < 1.29 is 9.18 Å².